The topological polar surface area (TPSA) is 109 Å². The molecule has 0 saturated carbocycles. The normalized spacial score (nSPS) is 13.0. The minimum atomic E-state index is -5.09. The van der Waals surface area contributed by atoms with E-state index in [1.165, 1.54) is 48.5 Å². The summed E-state index contributed by atoms with van der Waals surface area (Å²) in [4.78, 5) is 0. The first-order valence-electron chi connectivity index (χ1n) is 5.76. The Balaban J connectivity index is 3.02. The molecule has 0 unspecified atom stereocenters. The quantitative estimate of drug-likeness (QED) is 0.598. The standard InChI is InChI=1S/C12H12O6S2Si/c13-19(14,15)21(20(16,17)18,11-7-3-1-4-8-11)12-9-5-2-6-10-12/h1-10H,(H,13,14,15)(H,16,17,18). The summed E-state index contributed by atoms with van der Waals surface area (Å²) < 4.78 is 67.2. The van der Waals surface area contributed by atoms with Gasteiger partial charge in [-0.2, -0.15) is 0 Å². The van der Waals surface area contributed by atoms with Gasteiger partial charge in [0.15, 0.2) is 0 Å². The first kappa shape index (κ1) is 15.9. The number of rotatable bonds is 4. The third-order valence-electron chi connectivity index (χ3n) is 3.03. The lowest BCUT2D eigenvalue weighted by Crippen LogP contribution is -2.69. The zero-order valence-corrected chi connectivity index (χ0v) is 13.3. The Hall–Kier alpha value is -1.52. The van der Waals surface area contributed by atoms with Gasteiger partial charge in [0, 0.05) is 0 Å². The molecule has 6 nitrogen and oxygen atoms in total. The molecular formula is C12H12O6S2Si. The molecule has 0 bridgehead atoms. The van der Waals surface area contributed by atoms with Gasteiger partial charge in [-0.3, -0.25) is 9.11 Å². The summed E-state index contributed by atoms with van der Waals surface area (Å²) in [7, 11) is -10.2. The van der Waals surface area contributed by atoms with Gasteiger partial charge < -0.3 is 0 Å². The number of benzene rings is 2. The average molecular weight is 344 g/mol. The Kier molecular flexibility index (Phi) is 4.04. The van der Waals surface area contributed by atoms with Crippen LogP contribution in [0.1, 0.15) is 0 Å². The molecule has 0 fully saturated rings. The molecule has 0 heterocycles. The minimum absolute atomic E-state index is 0.138. The smallest absolute Gasteiger partial charge is 0.290 e. The molecule has 0 aliphatic rings. The molecule has 0 saturated heterocycles. The van der Waals surface area contributed by atoms with E-state index in [1.54, 1.807) is 12.1 Å². The number of hydrogen-bond acceptors (Lipinski definition) is 4. The molecule has 0 spiro atoms. The van der Waals surface area contributed by atoms with Crippen molar-refractivity contribution < 1.29 is 25.9 Å². The van der Waals surface area contributed by atoms with Crippen LogP contribution in [0.3, 0.4) is 0 Å². The van der Waals surface area contributed by atoms with E-state index in [0.717, 1.165) is 0 Å². The van der Waals surface area contributed by atoms with Crippen LogP contribution in [0.2, 0.25) is 0 Å². The van der Waals surface area contributed by atoms with Crippen molar-refractivity contribution in [1.82, 2.24) is 0 Å². The number of hydrogen-bond donors (Lipinski definition) is 2. The van der Waals surface area contributed by atoms with Crippen LogP contribution in [-0.2, 0) is 19.1 Å². The fourth-order valence-electron chi connectivity index (χ4n) is 2.21. The molecule has 2 aromatic carbocycles. The van der Waals surface area contributed by atoms with Crippen LogP contribution in [0.15, 0.2) is 60.7 Å². The molecule has 0 amide bonds. The largest absolute Gasteiger partial charge is 0.454 e. The van der Waals surface area contributed by atoms with Crippen LogP contribution in [0.4, 0.5) is 0 Å². The highest BCUT2D eigenvalue weighted by atomic mass is 32.6. The Morgan fingerprint density at radius 3 is 1.14 bits per heavy atom. The van der Waals surface area contributed by atoms with Crippen molar-refractivity contribution in [3.8, 4) is 0 Å². The van der Waals surface area contributed by atoms with Gasteiger partial charge in [-0.1, -0.05) is 60.7 Å². The van der Waals surface area contributed by atoms with E-state index >= 15 is 0 Å². The van der Waals surface area contributed by atoms with Gasteiger partial charge in [-0.05, 0) is 10.4 Å². The van der Waals surface area contributed by atoms with Crippen LogP contribution >= 0.6 is 0 Å². The van der Waals surface area contributed by atoms with Crippen LogP contribution < -0.4 is 10.4 Å². The summed E-state index contributed by atoms with van der Waals surface area (Å²) in [6.45, 7) is 0. The van der Waals surface area contributed by atoms with Gasteiger partial charge >= 0.3 is 6.37 Å². The maximum Gasteiger partial charge on any atom is 0.454 e. The van der Waals surface area contributed by atoms with Crippen LogP contribution in [0.25, 0.3) is 0 Å². The molecular weight excluding hydrogens is 332 g/mol. The highest BCUT2D eigenvalue weighted by Gasteiger charge is 2.63. The molecule has 0 aliphatic heterocycles. The van der Waals surface area contributed by atoms with E-state index in [4.69, 9.17) is 0 Å². The predicted octanol–water partition coefficient (Wildman–Crippen LogP) is 0.0186. The molecule has 0 aromatic heterocycles. The minimum Gasteiger partial charge on any atom is -0.290 e. The first-order valence-corrected chi connectivity index (χ1v) is 12.1. The summed E-state index contributed by atoms with van der Waals surface area (Å²) >= 11 is 0. The molecule has 0 atom stereocenters. The summed E-state index contributed by atoms with van der Waals surface area (Å²) in [6.07, 6.45) is -4.90. The van der Waals surface area contributed by atoms with Crippen molar-refractivity contribution in [2.75, 3.05) is 0 Å². The molecule has 21 heavy (non-hydrogen) atoms. The van der Waals surface area contributed by atoms with Crippen LogP contribution in [-0.4, -0.2) is 32.3 Å². The molecule has 0 aliphatic carbocycles. The zero-order valence-electron chi connectivity index (χ0n) is 10.6. The van der Waals surface area contributed by atoms with E-state index in [0.29, 0.717) is 0 Å². The van der Waals surface area contributed by atoms with Gasteiger partial charge in [0.1, 0.15) is 0 Å². The third-order valence-corrected chi connectivity index (χ3v) is 17.7. The predicted molar refractivity (Wildman–Crippen MR) is 81.0 cm³/mol. The van der Waals surface area contributed by atoms with Crippen molar-refractivity contribution in [1.29, 1.82) is 0 Å². The fourth-order valence-corrected chi connectivity index (χ4v) is 13.7. The van der Waals surface area contributed by atoms with E-state index in [2.05, 4.69) is 0 Å². The van der Waals surface area contributed by atoms with Crippen molar-refractivity contribution >= 4 is 35.9 Å². The second-order valence-electron chi connectivity index (χ2n) is 4.30. The average Bonchev–Trinajstić information content (AvgIpc) is 2.38. The van der Waals surface area contributed by atoms with Gasteiger partial charge in [-0.15, -0.1) is 0 Å². The highest BCUT2D eigenvalue weighted by Crippen LogP contribution is 2.18. The second kappa shape index (κ2) is 5.35. The van der Waals surface area contributed by atoms with E-state index in [1.807, 2.05) is 0 Å². The van der Waals surface area contributed by atoms with Crippen molar-refractivity contribution in [3.63, 3.8) is 0 Å². The first-order chi connectivity index (χ1) is 9.71. The lowest BCUT2D eigenvalue weighted by molar-refractivity contribution is 0.493. The Morgan fingerprint density at radius 1 is 0.619 bits per heavy atom. The maximum atomic E-state index is 12.0. The second-order valence-corrected chi connectivity index (χ2v) is 16.1. The van der Waals surface area contributed by atoms with Gasteiger partial charge in [0.25, 0.3) is 19.1 Å². The summed E-state index contributed by atoms with van der Waals surface area (Å²) in [5.41, 5.74) is 0. The molecule has 0 radical (unpaired) electrons. The highest BCUT2D eigenvalue weighted by molar-refractivity contribution is 8.51. The molecule has 2 rings (SSSR count). The molecule has 112 valence electrons. The SMILES string of the molecule is O=S(=O)(O)[Si](c1ccccc1)(c1ccccc1)S(=O)(=O)O. The Labute approximate surface area is 122 Å². The molecule has 2 N–H and O–H groups in total. The van der Waals surface area contributed by atoms with Crippen LogP contribution in [0, 0.1) is 0 Å². The Bertz CT molecular complexity index is 758. The van der Waals surface area contributed by atoms with Crippen molar-refractivity contribution in [3.05, 3.63) is 60.7 Å². The van der Waals surface area contributed by atoms with E-state index in [9.17, 15) is 25.9 Å². The van der Waals surface area contributed by atoms with Crippen molar-refractivity contribution in [2.24, 2.45) is 0 Å². The summed E-state index contributed by atoms with van der Waals surface area (Å²) in [5.74, 6) is 0. The summed E-state index contributed by atoms with van der Waals surface area (Å²) in [6, 6.07) is 14.0. The summed E-state index contributed by atoms with van der Waals surface area (Å²) in [5, 5.41) is -0.276. The van der Waals surface area contributed by atoms with Crippen molar-refractivity contribution in [2.45, 2.75) is 0 Å². The maximum absolute atomic E-state index is 12.0. The van der Waals surface area contributed by atoms with Gasteiger partial charge in [0.05, 0.1) is 0 Å². The monoisotopic (exact) mass is 344 g/mol. The van der Waals surface area contributed by atoms with Crippen LogP contribution in [0.5, 0.6) is 0 Å². The molecule has 9 heteroatoms. The Morgan fingerprint density at radius 2 is 0.905 bits per heavy atom. The fraction of sp³-hybridized carbons (Fsp3) is 0. The van der Waals surface area contributed by atoms with Gasteiger partial charge in [-0.25, -0.2) is 16.8 Å². The van der Waals surface area contributed by atoms with E-state index in [-0.39, 0.29) is 10.4 Å². The zero-order chi connectivity index (χ0) is 15.7. The van der Waals surface area contributed by atoms with E-state index < -0.39 is 25.5 Å². The molecule has 2 aromatic rings. The van der Waals surface area contributed by atoms with Gasteiger partial charge in [0.2, 0.25) is 0 Å². The lowest BCUT2D eigenvalue weighted by atomic mass is 10.4. The lowest BCUT2D eigenvalue weighted by Gasteiger charge is -2.24. The third kappa shape index (κ3) is 2.54.